The van der Waals surface area contributed by atoms with Crippen LogP contribution < -0.4 is 11.1 Å². The molecule has 1 aromatic heterocycles. The SMILES string of the molecule is Cn1ccc(-c2cccc(NC(N)=O)c2)n1. The number of primary amides is 1. The van der Waals surface area contributed by atoms with Crippen LogP contribution in [0.5, 0.6) is 0 Å². The number of benzene rings is 1. The summed E-state index contributed by atoms with van der Waals surface area (Å²) in [6, 6.07) is 8.70. The Balaban J connectivity index is 2.32. The van der Waals surface area contributed by atoms with Gasteiger partial charge in [-0.15, -0.1) is 0 Å². The van der Waals surface area contributed by atoms with Crippen molar-refractivity contribution in [2.45, 2.75) is 0 Å². The predicted molar refractivity (Wildman–Crippen MR) is 61.9 cm³/mol. The number of hydrogen-bond acceptors (Lipinski definition) is 2. The molecule has 2 aromatic rings. The van der Waals surface area contributed by atoms with Crippen LogP contribution in [0.1, 0.15) is 0 Å². The highest BCUT2D eigenvalue weighted by Gasteiger charge is 2.02. The average molecular weight is 216 g/mol. The van der Waals surface area contributed by atoms with Gasteiger partial charge in [0.25, 0.3) is 0 Å². The zero-order valence-electron chi connectivity index (χ0n) is 8.84. The van der Waals surface area contributed by atoms with Crippen LogP contribution in [0, 0.1) is 0 Å². The minimum atomic E-state index is -0.571. The summed E-state index contributed by atoms with van der Waals surface area (Å²) in [5.74, 6) is 0. The van der Waals surface area contributed by atoms with Crippen LogP contribution in [0.4, 0.5) is 10.5 Å². The summed E-state index contributed by atoms with van der Waals surface area (Å²) in [6.07, 6.45) is 1.86. The van der Waals surface area contributed by atoms with E-state index >= 15 is 0 Å². The third kappa shape index (κ3) is 2.20. The van der Waals surface area contributed by atoms with Crippen LogP contribution in [0.25, 0.3) is 11.3 Å². The van der Waals surface area contributed by atoms with E-state index in [-0.39, 0.29) is 0 Å². The summed E-state index contributed by atoms with van der Waals surface area (Å²) in [5.41, 5.74) is 7.50. The fourth-order valence-electron chi connectivity index (χ4n) is 1.47. The summed E-state index contributed by atoms with van der Waals surface area (Å²) in [5, 5.41) is 6.80. The van der Waals surface area contributed by atoms with E-state index in [2.05, 4.69) is 10.4 Å². The number of nitrogens with one attached hydrogen (secondary N) is 1. The van der Waals surface area contributed by atoms with Crippen LogP contribution in [0.2, 0.25) is 0 Å². The number of rotatable bonds is 2. The second-order valence-electron chi connectivity index (χ2n) is 3.44. The van der Waals surface area contributed by atoms with E-state index in [1.807, 2.05) is 37.5 Å². The van der Waals surface area contributed by atoms with Crippen molar-refractivity contribution in [1.82, 2.24) is 9.78 Å². The Labute approximate surface area is 92.9 Å². The zero-order chi connectivity index (χ0) is 11.5. The average Bonchev–Trinajstić information content (AvgIpc) is 2.64. The molecule has 0 radical (unpaired) electrons. The molecule has 16 heavy (non-hydrogen) atoms. The molecule has 1 aromatic carbocycles. The highest BCUT2D eigenvalue weighted by molar-refractivity contribution is 5.88. The molecule has 2 amide bonds. The molecule has 3 N–H and O–H groups in total. The van der Waals surface area contributed by atoms with Crippen molar-refractivity contribution in [3.8, 4) is 11.3 Å². The first-order valence-electron chi connectivity index (χ1n) is 4.82. The largest absolute Gasteiger partial charge is 0.351 e. The van der Waals surface area contributed by atoms with Crippen molar-refractivity contribution < 1.29 is 4.79 Å². The molecular formula is C11H12N4O. The van der Waals surface area contributed by atoms with Crippen molar-refractivity contribution in [3.63, 3.8) is 0 Å². The smallest absolute Gasteiger partial charge is 0.316 e. The molecule has 82 valence electrons. The number of carbonyl (C=O) groups excluding carboxylic acids is 1. The summed E-state index contributed by atoms with van der Waals surface area (Å²) in [4.78, 5) is 10.7. The monoisotopic (exact) mass is 216 g/mol. The second kappa shape index (κ2) is 4.06. The molecule has 0 aliphatic rings. The summed E-state index contributed by atoms with van der Waals surface area (Å²) >= 11 is 0. The molecule has 5 heteroatoms. The highest BCUT2D eigenvalue weighted by Crippen LogP contribution is 2.20. The van der Waals surface area contributed by atoms with Crippen LogP contribution in [-0.4, -0.2) is 15.8 Å². The number of aromatic nitrogens is 2. The Bertz CT molecular complexity index is 518. The number of carbonyl (C=O) groups is 1. The number of anilines is 1. The summed E-state index contributed by atoms with van der Waals surface area (Å²) in [6.45, 7) is 0. The predicted octanol–water partition coefficient (Wildman–Crippen LogP) is 1.58. The lowest BCUT2D eigenvalue weighted by atomic mass is 10.1. The highest BCUT2D eigenvalue weighted by atomic mass is 16.2. The van der Waals surface area contributed by atoms with E-state index in [1.54, 1.807) is 10.7 Å². The standard InChI is InChI=1S/C11H12N4O/c1-15-6-5-10(14-15)8-3-2-4-9(7-8)13-11(12)16/h2-7H,1H3,(H3,12,13,16). The second-order valence-corrected chi connectivity index (χ2v) is 3.44. The molecule has 2 rings (SSSR count). The lowest BCUT2D eigenvalue weighted by Crippen LogP contribution is -2.19. The number of aryl methyl sites for hydroxylation is 1. The van der Waals surface area contributed by atoms with Gasteiger partial charge in [-0.25, -0.2) is 4.79 Å². The molecule has 0 bridgehead atoms. The van der Waals surface area contributed by atoms with Gasteiger partial charge in [-0.3, -0.25) is 4.68 Å². The molecule has 0 aliphatic heterocycles. The van der Waals surface area contributed by atoms with Crippen molar-refractivity contribution in [2.75, 3.05) is 5.32 Å². The maximum Gasteiger partial charge on any atom is 0.316 e. The molecule has 0 atom stereocenters. The van der Waals surface area contributed by atoms with Gasteiger partial charge < -0.3 is 11.1 Å². The van der Waals surface area contributed by atoms with Gasteiger partial charge in [-0.05, 0) is 18.2 Å². The number of nitrogens with zero attached hydrogens (tertiary/aromatic N) is 2. The Kier molecular flexibility index (Phi) is 2.59. The molecule has 0 saturated heterocycles. The molecule has 1 heterocycles. The normalized spacial score (nSPS) is 10.1. The summed E-state index contributed by atoms with van der Waals surface area (Å²) in [7, 11) is 1.86. The number of nitrogens with two attached hydrogens (primary N) is 1. The van der Waals surface area contributed by atoms with Crippen LogP contribution in [0.15, 0.2) is 36.5 Å². The van der Waals surface area contributed by atoms with Crippen molar-refractivity contribution in [2.24, 2.45) is 12.8 Å². The molecule has 0 fully saturated rings. The maximum absolute atomic E-state index is 10.7. The Hall–Kier alpha value is -2.30. The maximum atomic E-state index is 10.7. The van der Waals surface area contributed by atoms with E-state index in [4.69, 9.17) is 5.73 Å². The molecular weight excluding hydrogens is 204 g/mol. The molecule has 0 aliphatic carbocycles. The Morgan fingerprint density at radius 3 is 2.88 bits per heavy atom. The molecule has 0 spiro atoms. The lowest BCUT2D eigenvalue weighted by molar-refractivity contribution is 0.259. The quantitative estimate of drug-likeness (QED) is 0.799. The van der Waals surface area contributed by atoms with Gasteiger partial charge in [-0.1, -0.05) is 12.1 Å². The number of hydrogen-bond donors (Lipinski definition) is 2. The first kappa shape index (κ1) is 10.2. The Morgan fingerprint density at radius 2 is 2.25 bits per heavy atom. The van der Waals surface area contributed by atoms with Gasteiger partial charge in [0, 0.05) is 24.5 Å². The molecule has 0 unspecified atom stereocenters. The summed E-state index contributed by atoms with van der Waals surface area (Å²) < 4.78 is 1.73. The van der Waals surface area contributed by atoms with E-state index in [1.165, 1.54) is 0 Å². The fraction of sp³-hybridized carbons (Fsp3) is 0.0909. The fourth-order valence-corrected chi connectivity index (χ4v) is 1.47. The van der Waals surface area contributed by atoms with Gasteiger partial charge in [0.1, 0.15) is 0 Å². The Morgan fingerprint density at radius 1 is 1.44 bits per heavy atom. The van der Waals surface area contributed by atoms with Gasteiger partial charge in [0.2, 0.25) is 0 Å². The van der Waals surface area contributed by atoms with E-state index < -0.39 is 6.03 Å². The first-order valence-corrected chi connectivity index (χ1v) is 4.82. The van der Waals surface area contributed by atoms with Crippen molar-refractivity contribution >= 4 is 11.7 Å². The van der Waals surface area contributed by atoms with Crippen LogP contribution >= 0.6 is 0 Å². The number of amides is 2. The van der Waals surface area contributed by atoms with Gasteiger partial charge >= 0.3 is 6.03 Å². The topological polar surface area (TPSA) is 72.9 Å². The number of urea groups is 1. The van der Waals surface area contributed by atoms with Crippen LogP contribution in [-0.2, 0) is 7.05 Å². The van der Waals surface area contributed by atoms with E-state index in [0.717, 1.165) is 11.3 Å². The van der Waals surface area contributed by atoms with Crippen molar-refractivity contribution in [3.05, 3.63) is 36.5 Å². The minimum absolute atomic E-state index is 0.571. The van der Waals surface area contributed by atoms with Crippen molar-refractivity contribution in [1.29, 1.82) is 0 Å². The van der Waals surface area contributed by atoms with Gasteiger partial charge in [-0.2, -0.15) is 5.10 Å². The third-order valence-corrected chi connectivity index (χ3v) is 2.14. The van der Waals surface area contributed by atoms with Gasteiger partial charge in [0.05, 0.1) is 5.69 Å². The molecule has 5 nitrogen and oxygen atoms in total. The molecule has 0 saturated carbocycles. The third-order valence-electron chi connectivity index (χ3n) is 2.14. The van der Waals surface area contributed by atoms with Gasteiger partial charge in [0.15, 0.2) is 0 Å². The minimum Gasteiger partial charge on any atom is -0.351 e. The van der Waals surface area contributed by atoms with E-state index in [9.17, 15) is 4.79 Å². The lowest BCUT2D eigenvalue weighted by Gasteiger charge is -2.03. The van der Waals surface area contributed by atoms with Crippen LogP contribution in [0.3, 0.4) is 0 Å². The van der Waals surface area contributed by atoms with E-state index in [0.29, 0.717) is 5.69 Å². The first-order chi connectivity index (χ1) is 7.65. The zero-order valence-corrected chi connectivity index (χ0v) is 8.84.